The van der Waals surface area contributed by atoms with Gasteiger partial charge in [-0.3, -0.25) is 4.68 Å². The number of aryl methyl sites for hydroxylation is 1. The molecule has 1 aliphatic rings. The number of aromatic nitrogens is 3. The van der Waals surface area contributed by atoms with Gasteiger partial charge in [0.2, 0.25) is 0 Å². The topological polar surface area (TPSA) is 42.7 Å². The molecule has 0 bridgehead atoms. The van der Waals surface area contributed by atoms with Gasteiger partial charge in [0.1, 0.15) is 0 Å². The lowest BCUT2D eigenvalue weighted by Gasteiger charge is -2.25. The molecule has 5 heteroatoms. The van der Waals surface area contributed by atoms with Crippen LogP contribution >= 0.6 is 11.8 Å². The third kappa shape index (κ3) is 1.78. The molecule has 1 aromatic rings. The molecule has 1 aliphatic heterocycles. The molecule has 1 fully saturated rings. The van der Waals surface area contributed by atoms with E-state index < -0.39 is 0 Å². The van der Waals surface area contributed by atoms with Gasteiger partial charge in [0.25, 0.3) is 0 Å². The highest BCUT2D eigenvalue weighted by molar-refractivity contribution is 8.00. The van der Waals surface area contributed by atoms with Gasteiger partial charge in [-0.15, -0.1) is 5.10 Å². The van der Waals surface area contributed by atoms with Crippen LogP contribution < -0.4 is 5.32 Å². The van der Waals surface area contributed by atoms with E-state index in [1.807, 2.05) is 25.0 Å². The van der Waals surface area contributed by atoms with Crippen LogP contribution in [-0.2, 0) is 13.6 Å². The molecule has 0 saturated carbocycles. The van der Waals surface area contributed by atoms with E-state index in [0.717, 1.165) is 12.2 Å². The van der Waals surface area contributed by atoms with Crippen molar-refractivity contribution in [1.82, 2.24) is 20.3 Å². The summed E-state index contributed by atoms with van der Waals surface area (Å²) in [7, 11) is 1.88. The molecule has 1 N–H and O–H groups in total. The predicted octanol–water partition coefficient (Wildman–Crippen LogP) is 0.0201. The van der Waals surface area contributed by atoms with Crippen molar-refractivity contribution in [3.8, 4) is 0 Å². The van der Waals surface area contributed by atoms with E-state index in [4.69, 9.17) is 0 Å². The second-order valence-corrected chi connectivity index (χ2v) is 4.07. The molecule has 0 radical (unpaired) electrons. The average Bonchev–Trinajstić information content (AvgIpc) is 2.32. The highest BCUT2D eigenvalue weighted by Crippen LogP contribution is 2.17. The summed E-state index contributed by atoms with van der Waals surface area (Å²) in [5, 5.41) is 11.3. The molecule has 0 spiro atoms. The number of rotatable bonds is 3. The van der Waals surface area contributed by atoms with Crippen molar-refractivity contribution in [2.75, 3.05) is 11.5 Å². The maximum atomic E-state index is 3.99. The number of hydrogen-bond donors (Lipinski definition) is 1. The minimum atomic E-state index is 0.692. The highest BCUT2D eigenvalue weighted by atomic mass is 32.2. The zero-order chi connectivity index (χ0) is 8.39. The van der Waals surface area contributed by atoms with Gasteiger partial charge in [0.05, 0.1) is 5.69 Å². The Morgan fingerprint density at radius 2 is 2.58 bits per heavy atom. The molecule has 4 nitrogen and oxygen atoms in total. The molecular weight excluding hydrogens is 172 g/mol. The first kappa shape index (κ1) is 8.07. The van der Waals surface area contributed by atoms with Crippen molar-refractivity contribution >= 4 is 11.8 Å². The molecule has 12 heavy (non-hydrogen) atoms. The first-order chi connectivity index (χ1) is 5.84. The predicted molar refractivity (Wildman–Crippen MR) is 49.0 cm³/mol. The number of nitrogens with zero attached hydrogens (tertiary/aromatic N) is 3. The molecular formula is C7H12N4S. The van der Waals surface area contributed by atoms with E-state index in [1.165, 1.54) is 11.5 Å². The fraction of sp³-hybridized carbons (Fsp3) is 0.714. The molecule has 0 unspecified atom stereocenters. The second-order valence-electron chi connectivity index (χ2n) is 3.00. The van der Waals surface area contributed by atoms with Gasteiger partial charge in [-0.25, -0.2) is 0 Å². The number of hydrogen-bond acceptors (Lipinski definition) is 4. The zero-order valence-corrected chi connectivity index (χ0v) is 7.84. The fourth-order valence-corrected chi connectivity index (χ4v) is 1.79. The molecule has 1 saturated heterocycles. The molecule has 0 amide bonds. The lowest BCUT2D eigenvalue weighted by atomic mass is 10.3. The van der Waals surface area contributed by atoms with Gasteiger partial charge >= 0.3 is 0 Å². The maximum absolute atomic E-state index is 3.99. The summed E-state index contributed by atoms with van der Waals surface area (Å²) in [4.78, 5) is 0. The maximum Gasteiger partial charge on any atom is 0.0964 e. The van der Waals surface area contributed by atoms with Crippen molar-refractivity contribution in [3.63, 3.8) is 0 Å². The Hall–Kier alpha value is -0.550. The number of thioether (sulfide) groups is 1. The molecule has 66 valence electrons. The normalized spacial score (nSPS) is 17.8. The van der Waals surface area contributed by atoms with Gasteiger partial charge in [-0.2, -0.15) is 11.8 Å². The molecule has 2 heterocycles. The van der Waals surface area contributed by atoms with Crippen LogP contribution in [-0.4, -0.2) is 32.5 Å². The van der Waals surface area contributed by atoms with Gasteiger partial charge in [0.15, 0.2) is 0 Å². The third-order valence-electron chi connectivity index (χ3n) is 1.86. The Balaban J connectivity index is 1.79. The van der Waals surface area contributed by atoms with E-state index in [1.54, 1.807) is 4.68 Å². The molecule has 0 aromatic carbocycles. The summed E-state index contributed by atoms with van der Waals surface area (Å²) in [5.74, 6) is 2.47. The Bertz CT molecular complexity index is 256. The lowest BCUT2D eigenvalue weighted by Crippen LogP contribution is -2.39. The monoisotopic (exact) mass is 184 g/mol. The Labute approximate surface area is 75.7 Å². The van der Waals surface area contributed by atoms with Crippen LogP contribution in [0.25, 0.3) is 0 Å². The smallest absolute Gasteiger partial charge is 0.0964 e. The van der Waals surface area contributed by atoms with Gasteiger partial charge < -0.3 is 5.32 Å². The Morgan fingerprint density at radius 3 is 3.08 bits per heavy atom. The summed E-state index contributed by atoms with van der Waals surface area (Å²) in [6.07, 6.45) is 1.94. The Morgan fingerprint density at radius 1 is 1.75 bits per heavy atom. The second kappa shape index (κ2) is 3.45. The first-order valence-corrected chi connectivity index (χ1v) is 5.16. The zero-order valence-electron chi connectivity index (χ0n) is 7.03. The summed E-state index contributed by atoms with van der Waals surface area (Å²) < 4.78 is 1.73. The van der Waals surface area contributed by atoms with E-state index in [0.29, 0.717) is 6.04 Å². The third-order valence-corrected chi connectivity index (χ3v) is 3.14. The van der Waals surface area contributed by atoms with Crippen LogP contribution in [0.2, 0.25) is 0 Å². The van der Waals surface area contributed by atoms with Crippen LogP contribution in [0.1, 0.15) is 5.69 Å². The fourth-order valence-electron chi connectivity index (χ4n) is 1.08. The van der Waals surface area contributed by atoms with Crippen molar-refractivity contribution in [1.29, 1.82) is 0 Å². The summed E-state index contributed by atoms with van der Waals surface area (Å²) in [6.45, 7) is 0.846. The Kier molecular flexibility index (Phi) is 2.32. The average molecular weight is 184 g/mol. The van der Waals surface area contributed by atoms with E-state index in [2.05, 4.69) is 15.6 Å². The quantitative estimate of drug-likeness (QED) is 0.719. The molecule has 1 aromatic heterocycles. The van der Waals surface area contributed by atoms with Crippen LogP contribution in [0, 0.1) is 0 Å². The van der Waals surface area contributed by atoms with Crippen LogP contribution in [0.5, 0.6) is 0 Å². The van der Waals surface area contributed by atoms with Crippen molar-refractivity contribution in [3.05, 3.63) is 11.9 Å². The first-order valence-electron chi connectivity index (χ1n) is 4.01. The molecule has 0 aliphatic carbocycles. The van der Waals surface area contributed by atoms with Crippen LogP contribution in [0.3, 0.4) is 0 Å². The minimum absolute atomic E-state index is 0.692. The lowest BCUT2D eigenvalue weighted by molar-refractivity contribution is 0.575. The summed E-state index contributed by atoms with van der Waals surface area (Å²) in [6, 6.07) is 0.692. The van der Waals surface area contributed by atoms with Crippen LogP contribution in [0.15, 0.2) is 6.20 Å². The summed E-state index contributed by atoms with van der Waals surface area (Å²) in [5.41, 5.74) is 1.02. The van der Waals surface area contributed by atoms with Crippen molar-refractivity contribution in [2.45, 2.75) is 12.6 Å². The standard InChI is InChI=1S/C7H12N4S/c1-11-3-6(9-10-11)2-8-7-4-12-5-7/h3,7-8H,2,4-5H2,1H3. The SMILES string of the molecule is Cn1cc(CNC2CSC2)nn1. The van der Waals surface area contributed by atoms with Crippen molar-refractivity contribution in [2.24, 2.45) is 7.05 Å². The largest absolute Gasteiger partial charge is 0.307 e. The summed E-state index contributed by atoms with van der Waals surface area (Å²) >= 11 is 1.98. The van der Waals surface area contributed by atoms with Crippen LogP contribution in [0.4, 0.5) is 0 Å². The highest BCUT2D eigenvalue weighted by Gasteiger charge is 2.17. The molecule has 2 rings (SSSR count). The minimum Gasteiger partial charge on any atom is -0.307 e. The number of nitrogens with one attached hydrogen (secondary N) is 1. The molecule has 0 atom stereocenters. The van der Waals surface area contributed by atoms with E-state index >= 15 is 0 Å². The van der Waals surface area contributed by atoms with Gasteiger partial charge in [0, 0.05) is 37.3 Å². The van der Waals surface area contributed by atoms with Gasteiger partial charge in [-0.1, -0.05) is 5.21 Å². The van der Waals surface area contributed by atoms with Gasteiger partial charge in [-0.05, 0) is 0 Å². The van der Waals surface area contributed by atoms with E-state index in [9.17, 15) is 0 Å². The van der Waals surface area contributed by atoms with Crippen molar-refractivity contribution < 1.29 is 0 Å². The van der Waals surface area contributed by atoms with E-state index in [-0.39, 0.29) is 0 Å².